The molecule has 86 valence electrons. The average molecular weight is 294 g/mol. The smallest absolute Gasteiger partial charge is 0.417 e. The van der Waals surface area contributed by atoms with Crippen LogP contribution >= 0.6 is 15.9 Å². The van der Waals surface area contributed by atoms with Crippen LogP contribution in [0.4, 0.5) is 13.2 Å². The summed E-state index contributed by atoms with van der Waals surface area (Å²) in [4.78, 5) is 0. The van der Waals surface area contributed by atoms with Crippen molar-refractivity contribution in [2.45, 2.75) is 12.6 Å². The van der Waals surface area contributed by atoms with Gasteiger partial charge in [0.1, 0.15) is 5.75 Å². The van der Waals surface area contributed by atoms with Crippen molar-refractivity contribution >= 4 is 15.9 Å². The molecule has 0 aliphatic heterocycles. The van der Waals surface area contributed by atoms with Crippen LogP contribution < -0.4 is 4.74 Å². The molecule has 0 saturated heterocycles. The highest BCUT2D eigenvalue weighted by atomic mass is 79.9. The first kappa shape index (κ1) is 12.8. The minimum absolute atomic E-state index is 0.0961. The summed E-state index contributed by atoms with van der Waals surface area (Å²) < 4.78 is 42.8. The van der Waals surface area contributed by atoms with E-state index in [-0.39, 0.29) is 22.2 Å². The lowest BCUT2D eigenvalue weighted by atomic mass is 10.0. The molecule has 0 heterocycles. The van der Waals surface area contributed by atoms with Gasteiger partial charge in [-0.25, -0.2) is 0 Å². The number of nitrogens with zero attached hydrogens (tertiary/aromatic N) is 1. The normalized spacial score (nSPS) is 11.0. The Morgan fingerprint density at radius 3 is 2.50 bits per heavy atom. The van der Waals surface area contributed by atoms with E-state index in [0.29, 0.717) is 0 Å². The van der Waals surface area contributed by atoms with Gasteiger partial charge in [0.15, 0.2) is 0 Å². The lowest BCUT2D eigenvalue weighted by molar-refractivity contribution is -0.138. The molecule has 0 amide bonds. The average Bonchev–Trinajstić information content (AvgIpc) is 2.15. The van der Waals surface area contributed by atoms with E-state index in [9.17, 15) is 13.2 Å². The predicted octanol–water partition coefficient (Wildman–Crippen LogP) is 3.54. The van der Waals surface area contributed by atoms with Crippen molar-refractivity contribution in [1.29, 1.82) is 5.26 Å². The summed E-state index contributed by atoms with van der Waals surface area (Å²) in [5.41, 5.74) is -0.920. The van der Waals surface area contributed by atoms with Crippen LogP contribution in [0.15, 0.2) is 16.6 Å². The van der Waals surface area contributed by atoms with E-state index in [1.54, 1.807) is 6.07 Å². The van der Waals surface area contributed by atoms with Gasteiger partial charge in [0, 0.05) is 4.47 Å². The van der Waals surface area contributed by atoms with Crippen molar-refractivity contribution in [1.82, 2.24) is 0 Å². The minimum Gasteiger partial charge on any atom is -0.497 e. The quantitative estimate of drug-likeness (QED) is 0.835. The SMILES string of the molecule is COc1cc(Br)c(C(F)(F)F)c(CC#N)c1. The van der Waals surface area contributed by atoms with Crippen molar-refractivity contribution < 1.29 is 17.9 Å². The van der Waals surface area contributed by atoms with Crippen LogP contribution in [0.5, 0.6) is 5.75 Å². The van der Waals surface area contributed by atoms with Crippen LogP contribution in [-0.2, 0) is 12.6 Å². The Morgan fingerprint density at radius 1 is 1.44 bits per heavy atom. The molecule has 0 radical (unpaired) electrons. The van der Waals surface area contributed by atoms with Crippen molar-refractivity contribution in [3.8, 4) is 11.8 Å². The first-order chi connectivity index (χ1) is 7.40. The third kappa shape index (κ3) is 2.67. The van der Waals surface area contributed by atoms with Crippen LogP contribution in [0, 0.1) is 11.3 Å². The molecule has 0 unspecified atom stereocenters. The van der Waals surface area contributed by atoms with Gasteiger partial charge in [-0.15, -0.1) is 0 Å². The second-order valence-corrected chi connectivity index (χ2v) is 3.83. The van der Waals surface area contributed by atoms with Gasteiger partial charge >= 0.3 is 6.18 Å². The van der Waals surface area contributed by atoms with Gasteiger partial charge in [-0.2, -0.15) is 18.4 Å². The number of hydrogen-bond donors (Lipinski definition) is 0. The highest BCUT2D eigenvalue weighted by Crippen LogP contribution is 2.39. The van der Waals surface area contributed by atoms with Crippen LogP contribution in [0.1, 0.15) is 11.1 Å². The standard InChI is InChI=1S/C10H7BrF3NO/c1-16-7-4-6(2-3-15)9(8(11)5-7)10(12,13)14/h4-5H,2H2,1H3. The number of ether oxygens (including phenoxy) is 1. The van der Waals surface area contributed by atoms with Gasteiger partial charge in [-0.1, -0.05) is 15.9 Å². The first-order valence-corrected chi connectivity index (χ1v) is 5.00. The molecule has 0 bridgehead atoms. The Morgan fingerprint density at radius 2 is 2.06 bits per heavy atom. The van der Waals surface area contributed by atoms with E-state index in [1.165, 1.54) is 19.2 Å². The lowest BCUT2D eigenvalue weighted by Gasteiger charge is -2.14. The predicted molar refractivity (Wildman–Crippen MR) is 55.0 cm³/mol. The van der Waals surface area contributed by atoms with Crippen LogP contribution in [0.2, 0.25) is 0 Å². The van der Waals surface area contributed by atoms with E-state index in [1.807, 2.05) is 0 Å². The molecule has 0 fully saturated rings. The van der Waals surface area contributed by atoms with Crippen molar-refractivity contribution in [2.75, 3.05) is 7.11 Å². The Bertz CT molecular complexity index is 437. The van der Waals surface area contributed by atoms with E-state index >= 15 is 0 Å². The molecule has 0 aliphatic rings. The maximum absolute atomic E-state index is 12.7. The number of methoxy groups -OCH3 is 1. The molecule has 16 heavy (non-hydrogen) atoms. The molecular formula is C10H7BrF3NO. The van der Waals surface area contributed by atoms with Crippen LogP contribution in [-0.4, -0.2) is 7.11 Å². The third-order valence-corrected chi connectivity index (χ3v) is 2.56. The summed E-state index contributed by atoms with van der Waals surface area (Å²) in [5.74, 6) is 0.283. The van der Waals surface area contributed by atoms with Gasteiger partial charge in [-0.3, -0.25) is 0 Å². The highest BCUT2D eigenvalue weighted by molar-refractivity contribution is 9.10. The number of hydrogen-bond acceptors (Lipinski definition) is 2. The zero-order valence-electron chi connectivity index (χ0n) is 8.23. The molecule has 1 aromatic rings. The Kier molecular flexibility index (Phi) is 3.81. The topological polar surface area (TPSA) is 33.0 Å². The number of nitriles is 1. The molecule has 0 aromatic heterocycles. The fourth-order valence-electron chi connectivity index (χ4n) is 1.30. The molecular weight excluding hydrogens is 287 g/mol. The Labute approximate surface area is 98.8 Å². The minimum atomic E-state index is -4.49. The summed E-state index contributed by atoms with van der Waals surface area (Å²) in [6.07, 6.45) is -4.80. The summed E-state index contributed by atoms with van der Waals surface area (Å²) in [6.45, 7) is 0. The molecule has 6 heteroatoms. The second-order valence-electron chi connectivity index (χ2n) is 2.98. The molecule has 2 nitrogen and oxygen atoms in total. The Balaban J connectivity index is 3.41. The van der Waals surface area contributed by atoms with E-state index in [0.717, 1.165) is 0 Å². The lowest BCUT2D eigenvalue weighted by Crippen LogP contribution is -2.10. The number of alkyl halides is 3. The summed E-state index contributed by atoms with van der Waals surface area (Å²) in [7, 11) is 1.35. The van der Waals surface area contributed by atoms with Gasteiger partial charge in [0.2, 0.25) is 0 Å². The van der Waals surface area contributed by atoms with E-state index < -0.39 is 11.7 Å². The molecule has 1 aromatic carbocycles. The molecule has 0 spiro atoms. The maximum atomic E-state index is 12.7. The van der Waals surface area contributed by atoms with Crippen LogP contribution in [0.25, 0.3) is 0 Å². The van der Waals surface area contributed by atoms with Crippen LogP contribution in [0.3, 0.4) is 0 Å². The van der Waals surface area contributed by atoms with Gasteiger partial charge in [0.25, 0.3) is 0 Å². The zero-order valence-corrected chi connectivity index (χ0v) is 9.82. The van der Waals surface area contributed by atoms with Gasteiger partial charge < -0.3 is 4.74 Å². The largest absolute Gasteiger partial charge is 0.497 e. The third-order valence-electron chi connectivity index (χ3n) is 1.93. The number of halogens is 4. The molecule has 0 saturated carbocycles. The van der Waals surface area contributed by atoms with Crippen molar-refractivity contribution in [3.05, 3.63) is 27.7 Å². The molecule has 0 atom stereocenters. The fourth-order valence-corrected chi connectivity index (χ4v) is 2.00. The zero-order chi connectivity index (χ0) is 12.3. The highest BCUT2D eigenvalue weighted by Gasteiger charge is 2.36. The van der Waals surface area contributed by atoms with E-state index in [2.05, 4.69) is 15.9 Å². The van der Waals surface area contributed by atoms with Gasteiger partial charge in [0.05, 0.1) is 25.2 Å². The summed E-state index contributed by atoms with van der Waals surface area (Å²) >= 11 is 2.84. The molecule has 0 N–H and O–H groups in total. The Hall–Kier alpha value is -1.22. The molecule has 1 rings (SSSR count). The van der Waals surface area contributed by atoms with E-state index in [4.69, 9.17) is 10.00 Å². The molecule has 0 aliphatic carbocycles. The fraction of sp³-hybridized carbons (Fsp3) is 0.300. The summed E-state index contributed by atoms with van der Waals surface area (Å²) in [5, 5.41) is 8.49. The van der Waals surface area contributed by atoms with Crippen molar-refractivity contribution in [2.24, 2.45) is 0 Å². The second kappa shape index (κ2) is 4.74. The number of rotatable bonds is 2. The van der Waals surface area contributed by atoms with Crippen molar-refractivity contribution in [3.63, 3.8) is 0 Å². The summed E-state index contributed by atoms with van der Waals surface area (Å²) in [6, 6.07) is 4.14. The monoisotopic (exact) mass is 293 g/mol. The number of benzene rings is 1. The first-order valence-electron chi connectivity index (χ1n) is 4.20. The van der Waals surface area contributed by atoms with Gasteiger partial charge in [-0.05, 0) is 17.7 Å². The maximum Gasteiger partial charge on any atom is 0.417 e.